The number of carbonyl (C=O) groups is 2. The molecule has 2 unspecified atom stereocenters. The summed E-state index contributed by atoms with van der Waals surface area (Å²) < 4.78 is 0. The molecule has 0 aliphatic carbocycles. The fourth-order valence-corrected chi connectivity index (χ4v) is 1.95. The summed E-state index contributed by atoms with van der Waals surface area (Å²) >= 11 is 0. The van der Waals surface area contributed by atoms with Crippen molar-refractivity contribution in [1.82, 2.24) is 16.0 Å². The minimum absolute atomic E-state index is 0.0107. The summed E-state index contributed by atoms with van der Waals surface area (Å²) in [7, 11) is 0. The van der Waals surface area contributed by atoms with E-state index in [4.69, 9.17) is 0 Å². The van der Waals surface area contributed by atoms with E-state index in [9.17, 15) is 9.59 Å². The van der Waals surface area contributed by atoms with Gasteiger partial charge in [-0.25, -0.2) is 0 Å². The van der Waals surface area contributed by atoms with Gasteiger partial charge in [-0.1, -0.05) is 6.92 Å². The SMILES string of the molecule is CCCNC(=O)C(C)NC1CCCNC(=O)C1. The zero-order chi connectivity index (χ0) is 12.7. The van der Waals surface area contributed by atoms with E-state index in [1.165, 1.54) is 0 Å². The van der Waals surface area contributed by atoms with Crippen molar-refractivity contribution in [3.63, 3.8) is 0 Å². The van der Waals surface area contributed by atoms with E-state index in [0.717, 1.165) is 25.8 Å². The molecule has 1 saturated heterocycles. The third kappa shape index (κ3) is 5.17. The number of amides is 2. The van der Waals surface area contributed by atoms with E-state index in [1.54, 1.807) is 0 Å². The molecule has 0 saturated carbocycles. The van der Waals surface area contributed by atoms with E-state index in [1.807, 2.05) is 13.8 Å². The molecule has 0 aromatic carbocycles. The van der Waals surface area contributed by atoms with Crippen molar-refractivity contribution in [2.75, 3.05) is 13.1 Å². The van der Waals surface area contributed by atoms with Crippen molar-refractivity contribution >= 4 is 11.8 Å². The van der Waals surface area contributed by atoms with Gasteiger partial charge >= 0.3 is 0 Å². The largest absolute Gasteiger partial charge is 0.356 e. The predicted octanol–water partition coefficient (Wildman–Crippen LogP) is 0.159. The summed E-state index contributed by atoms with van der Waals surface area (Å²) in [4.78, 5) is 23.0. The van der Waals surface area contributed by atoms with Gasteiger partial charge in [-0.15, -0.1) is 0 Å². The van der Waals surface area contributed by atoms with Gasteiger partial charge in [0.25, 0.3) is 0 Å². The van der Waals surface area contributed by atoms with Gasteiger partial charge < -0.3 is 16.0 Å². The normalized spacial score (nSPS) is 22.5. The molecule has 1 aliphatic heterocycles. The van der Waals surface area contributed by atoms with Gasteiger partial charge in [-0.05, 0) is 26.2 Å². The van der Waals surface area contributed by atoms with Gasteiger partial charge in [-0.3, -0.25) is 9.59 Å². The van der Waals surface area contributed by atoms with E-state index in [0.29, 0.717) is 13.0 Å². The Morgan fingerprint density at radius 3 is 3.06 bits per heavy atom. The smallest absolute Gasteiger partial charge is 0.236 e. The molecule has 1 fully saturated rings. The van der Waals surface area contributed by atoms with Crippen LogP contribution in [0.1, 0.15) is 39.5 Å². The second kappa shape index (κ2) is 7.27. The summed E-state index contributed by atoms with van der Waals surface area (Å²) in [5.74, 6) is 0.0812. The van der Waals surface area contributed by atoms with Crippen LogP contribution >= 0.6 is 0 Å². The lowest BCUT2D eigenvalue weighted by atomic mass is 10.1. The molecule has 98 valence electrons. The second-order valence-corrected chi connectivity index (χ2v) is 4.57. The zero-order valence-corrected chi connectivity index (χ0v) is 10.7. The zero-order valence-electron chi connectivity index (χ0n) is 10.7. The van der Waals surface area contributed by atoms with Crippen LogP contribution in [-0.4, -0.2) is 37.0 Å². The highest BCUT2D eigenvalue weighted by Crippen LogP contribution is 2.06. The molecule has 1 rings (SSSR count). The number of carbonyl (C=O) groups excluding carboxylic acids is 2. The molecule has 5 heteroatoms. The van der Waals surface area contributed by atoms with Gasteiger partial charge in [-0.2, -0.15) is 0 Å². The lowest BCUT2D eigenvalue weighted by Gasteiger charge is -2.20. The Labute approximate surface area is 103 Å². The first-order chi connectivity index (χ1) is 8.13. The Bertz CT molecular complexity index is 268. The lowest BCUT2D eigenvalue weighted by molar-refractivity contribution is -0.124. The molecule has 0 aromatic rings. The molecule has 0 bridgehead atoms. The molecule has 17 heavy (non-hydrogen) atoms. The van der Waals surface area contributed by atoms with Gasteiger partial charge in [0.05, 0.1) is 6.04 Å². The number of nitrogens with one attached hydrogen (secondary N) is 3. The molecular weight excluding hydrogens is 218 g/mol. The van der Waals surface area contributed by atoms with Crippen LogP contribution in [0.3, 0.4) is 0 Å². The molecule has 0 aromatic heterocycles. The monoisotopic (exact) mass is 241 g/mol. The first kappa shape index (κ1) is 14.0. The van der Waals surface area contributed by atoms with Crippen LogP contribution in [0, 0.1) is 0 Å². The van der Waals surface area contributed by atoms with Crippen molar-refractivity contribution in [2.24, 2.45) is 0 Å². The molecule has 1 heterocycles. The fourth-order valence-electron chi connectivity index (χ4n) is 1.95. The number of hydrogen-bond donors (Lipinski definition) is 3. The number of rotatable bonds is 5. The molecule has 0 spiro atoms. The van der Waals surface area contributed by atoms with Crippen LogP contribution in [-0.2, 0) is 9.59 Å². The maximum atomic E-state index is 11.7. The average molecular weight is 241 g/mol. The summed E-state index contributed by atoms with van der Waals surface area (Å²) in [5.41, 5.74) is 0. The van der Waals surface area contributed by atoms with Crippen LogP contribution in [0.2, 0.25) is 0 Å². The average Bonchev–Trinajstić information content (AvgIpc) is 2.50. The Morgan fingerprint density at radius 2 is 2.35 bits per heavy atom. The molecule has 0 radical (unpaired) electrons. The van der Waals surface area contributed by atoms with Gasteiger partial charge in [0.2, 0.25) is 11.8 Å². The van der Waals surface area contributed by atoms with E-state index >= 15 is 0 Å². The number of hydrogen-bond acceptors (Lipinski definition) is 3. The quantitative estimate of drug-likeness (QED) is 0.642. The fraction of sp³-hybridized carbons (Fsp3) is 0.833. The van der Waals surface area contributed by atoms with Gasteiger partial charge in [0, 0.05) is 25.6 Å². The van der Waals surface area contributed by atoms with Crippen molar-refractivity contribution in [2.45, 2.75) is 51.6 Å². The van der Waals surface area contributed by atoms with Crippen LogP contribution < -0.4 is 16.0 Å². The third-order valence-corrected chi connectivity index (χ3v) is 2.91. The van der Waals surface area contributed by atoms with Crippen LogP contribution in [0.15, 0.2) is 0 Å². The van der Waals surface area contributed by atoms with Crippen molar-refractivity contribution in [1.29, 1.82) is 0 Å². The van der Waals surface area contributed by atoms with Crippen LogP contribution in [0.5, 0.6) is 0 Å². The standard InChI is InChI=1S/C12H23N3O2/c1-3-6-14-12(17)9(2)15-10-5-4-7-13-11(16)8-10/h9-10,15H,3-8H2,1-2H3,(H,13,16)(H,14,17). The highest BCUT2D eigenvalue weighted by atomic mass is 16.2. The van der Waals surface area contributed by atoms with Crippen molar-refractivity contribution in [3.8, 4) is 0 Å². The highest BCUT2D eigenvalue weighted by Gasteiger charge is 2.21. The first-order valence-corrected chi connectivity index (χ1v) is 6.44. The Hall–Kier alpha value is -1.10. The summed E-state index contributed by atoms with van der Waals surface area (Å²) in [6.45, 7) is 5.31. The summed E-state index contributed by atoms with van der Waals surface area (Å²) in [6, 6.07) is -0.127. The predicted molar refractivity (Wildman–Crippen MR) is 66.5 cm³/mol. The lowest BCUT2D eigenvalue weighted by Crippen LogP contribution is -2.47. The van der Waals surface area contributed by atoms with Gasteiger partial charge in [0.15, 0.2) is 0 Å². The topological polar surface area (TPSA) is 70.2 Å². The maximum absolute atomic E-state index is 11.7. The molecule has 2 atom stereocenters. The second-order valence-electron chi connectivity index (χ2n) is 4.57. The van der Waals surface area contributed by atoms with Gasteiger partial charge in [0.1, 0.15) is 0 Å². The summed E-state index contributed by atoms with van der Waals surface area (Å²) in [6.07, 6.45) is 3.30. The molecular formula is C12H23N3O2. The van der Waals surface area contributed by atoms with Crippen LogP contribution in [0.25, 0.3) is 0 Å². The highest BCUT2D eigenvalue weighted by molar-refractivity contribution is 5.81. The van der Waals surface area contributed by atoms with Crippen LogP contribution in [0.4, 0.5) is 0 Å². The summed E-state index contributed by atoms with van der Waals surface area (Å²) in [5, 5.41) is 8.90. The van der Waals surface area contributed by atoms with E-state index in [2.05, 4.69) is 16.0 Å². The molecule has 5 nitrogen and oxygen atoms in total. The molecule has 2 amide bonds. The minimum Gasteiger partial charge on any atom is -0.356 e. The Kier molecular flexibility index (Phi) is 5.97. The third-order valence-electron chi connectivity index (χ3n) is 2.91. The minimum atomic E-state index is -0.238. The van der Waals surface area contributed by atoms with Crippen molar-refractivity contribution < 1.29 is 9.59 Å². The first-order valence-electron chi connectivity index (χ1n) is 6.44. The molecule has 3 N–H and O–H groups in total. The Morgan fingerprint density at radius 1 is 1.59 bits per heavy atom. The maximum Gasteiger partial charge on any atom is 0.236 e. The Balaban J connectivity index is 2.35. The van der Waals surface area contributed by atoms with E-state index in [-0.39, 0.29) is 23.9 Å². The van der Waals surface area contributed by atoms with Crippen molar-refractivity contribution in [3.05, 3.63) is 0 Å². The van der Waals surface area contributed by atoms with E-state index < -0.39 is 0 Å². The molecule has 1 aliphatic rings.